The predicted octanol–water partition coefficient (Wildman–Crippen LogP) is 4.55. The van der Waals surface area contributed by atoms with Crippen LogP contribution in [-0.2, 0) is 6.54 Å². The van der Waals surface area contributed by atoms with Gasteiger partial charge in [0.25, 0.3) is 0 Å². The van der Waals surface area contributed by atoms with Crippen molar-refractivity contribution < 1.29 is 0 Å². The summed E-state index contributed by atoms with van der Waals surface area (Å²) in [6.07, 6.45) is 0. The van der Waals surface area contributed by atoms with Crippen LogP contribution < -0.4 is 5.32 Å². The van der Waals surface area contributed by atoms with Crippen LogP contribution in [0.1, 0.15) is 5.56 Å². The highest BCUT2D eigenvalue weighted by Crippen LogP contribution is 2.16. The lowest BCUT2D eigenvalue weighted by Gasteiger charge is -2.21. The maximum Gasteiger partial charge on any atom is 0.169 e. The Morgan fingerprint density at radius 2 is 1.82 bits per heavy atom. The zero-order valence-corrected chi connectivity index (χ0v) is 15.7. The number of nitrogens with zero attached hydrogens (tertiary/aromatic N) is 1. The molecule has 2 aromatic rings. The quantitative estimate of drug-likeness (QED) is 0.438. The van der Waals surface area contributed by atoms with Crippen LogP contribution in [0.15, 0.2) is 64.0 Å². The molecule has 0 saturated carbocycles. The van der Waals surface area contributed by atoms with E-state index in [1.54, 1.807) is 0 Å². The predicted molar refractivity (Wildman–Crippen MR) is 103 cm³/mol. The van der Waals surface area contributed by atoms with Crippen LogP contribution in [0.5, 0.6) is 0 Å². The van der Waals surface area contributed by atoms with E-state index in [4.69, 9.17) is 12.2 Å². The van der Waals surface area contributed by atoms with Gasteiger partial charge in [0.1, 0.15) is 0 Å². The van der Waals surface area contributed by atoms with Crippen molar-refractivity contribution in [1.29, 1.82) is 0 Å². The molecule has 0 fully saturated rings. The van der Waals surface area contributed by atoms with E-state index in [2.05, 4.69) is 74.7 Å². The smallest absolute Gasteiger partial charge is 0.169 e. The van der Waals surface area contributed by atoms with Gasteiger partial charge in [0.15, 0.2) is 5.11 Å². The minimum Gasteiger partial charge on any atom is -0.362 e. The van der Waals surface area contributed by atoms with Crippen molar-refractivity contribution in [2.45, 2.75) is 11.4 Å². The van der Waals surface area contributed by atoms with E-state index < -0.39 is 0 Å². The van der Waals surface area contributed by atoms with Gasteiger partial charge in [-0.2, -0.15) is 0 Å². The van der Waals surface area contributed by atoms with Crippen molar-refractivity contribution in [3.8, 4) is 0 Å². The molecule has 0 unspecified atom stereocenters. The lowest BCUT2D eigenvalue weighted by molar-refractivity contribution is 0.491. The first-order valence-electron chi connectivity index (χ1n) is 7.06. The first kappa shape index (κ1) is 17.3. The molecule has 1 N–H and O–H groups in total. The summed E-state index contributed by atoms with van der Waals surface area (Å²) in [5.41, 5.74) is 1.24. The van der Waals surface area contributed by atoms with Crippen molar-refractivity contribution in [2.75, 3.05) is 19.3 Å². The van der Waals surface area contributed by atoms with Crippen molar-refractivity contribution in [2.24, 2.45) is 0 Å². The van der Waals surface area contributed by atoms with Crippen LogP contribution >= 0.6 is 39.9 Å². The zero-order valence-electron chi connectivity index (χ0n) is 12.5. The van der Waals surface area contributed by atoms with E-state index in [9.17, 15) is 0 Å². The highest BCUT2D eigenvalue weighted by molar-refractivity contribution is 9.10. The second kappa shape index (κ2) is 9.18. The Balaban J connectivity index is 1.69. The summed E-state index contributed by atoms with van der Waals surface area (Å²) >= 11 is 10.7. The Hall–Kier alpha value is -1.04. The minimum atomic E-state index is 0.789. The largest absolute Gasteiger partial charge is 0.362 e. The monoisotopic (exact) mass is 394 g/mol. The normalized spacial score (nSPS) is 10.3. The molecule has 0 atom stereocenters. The number of thiocarbonyl (C=S) groups is 1. The van der Waals surface area contributed by atoms with Gasteiger partial charge >= 0.3 is 0 Å². The van der Waals surface area contributed by atoms with Crippen molar-refractivity contribution >= 4 is 45.0 Å². The molecule has 2 aromatic carbocycles. The number of hydrogen-bond acceptors (Lipinski definition) is 2. The van der Waals surface area contributed by atoms with E-state index in [0.29, 0.717) is 0 Å². The van der Waals surface area contributed by atoms with Gasteiger partial charge in [0, 0.05) is 35.3 Å². The zero-order chi connectivity index (χ0) is 15.8. The molecule has 0 aliphatic heterocycles. The fourth-order valence-electron chi connectivity index (χ4n) is 1.91. The van der Waals surface area contributed by atoms with E-state index in [-0.39, 0.29) is 0 Å². The SMILES string of the molecule is CN(Cc1ccc(Br)cc1)C(=S)NCCSc1ccccc1. The molecule has 5 heteroatoms. The van der Waals surface area contributed by atoms with Gasteiger partial charge in [-0.05, 0) is 42.0 Å². The van der Waals surface area contributed by atoms with Crippen molar-refractivity contribution in [1.82, 2.24) is 10.2 Å². The van der Waals surface area contributed by atoms with Gasteiger partial charge in [-0.3, -0.25) is 0 Å². The molecular weight excluding hydrogens is 376 g/mol. The third-order valence-corrected chi connectivity index (χ3v) is 5.07. The number of hydrogen-bond donors (Lipinski definition) is 1. The van der Waals surface area contributed by atoms with Gasteiger partial charge in [-0.15, -0.1) is 11.8 Å². The molecule has 0 heterocycles. The second-order valence-corrected chi connectivity index (χ2v) is 7.35. The first-order chi connectivity index (χ1) is 10.6. The number of rotatable bonds is 6. The molecule has 2 rings (SSSR count). The third-order valence-electron chi connectivity index (χ3n) is 3.07. The highest BCUT2D eigenvalue weighted by Gasteiger charge is 2.04. The van der Waals surface area contributed by atoms with Crippen LogP contribution in [0.3, 0.4) is 0 Å². The van der Waals surface area contributed by atoms with Crippen LogP contribution in [-0.4, -0.2) is 29.4 Å². The molecule has 0 radical (unpaired) electrons. The Morgan fingerprint density at radius 1 is 1.14 bits per heavy atom. The molecular formula is C17H19BrN2S2. The molecule has 22 heavy (non-hydrogen) atoms. The Bertz CT molecular complexity index is 587. The number of benzene rings is 2. The summed E-state index contributed by atoms with van der Waals surface area (Å²) < 4.78 is 1.09. The topological polar surface area (TPSA) is 15.3 Å². The molecule has 0 saturated heterocycles. The summed E-state index contributed by atoms with van der Waals surface area (Å²) in [6, 6.07) is 18.7. The average molecular weight is 395 g/mol. The summed E-state index contributed by atoms with van der Waals surface area (Å²) in [7, 11) is 2.02. The Kier molecular flexibility index (Phi) is 7.22. The molecule has 0 aliphatic rings. The lowest BCUT2D eigenvalue weighted by Crippen LogP contribution is -2.37. The highest BCUT2D eigenvalue weighted by atomic mass is 79.9. The van der Waals surface area contributed by atoms with Gasteiger partial charge in [0.05, 0.1) is 0 Å². The van der Waals surface area contributed by atoms with Crippen LogP contribution in [0.4, 0.5) is 0 Å². The van der Waals surface area contributed by atoms with E-state index in [1.165, 1.54) is 10.5 Å². The molecule has 0 spiro atoms. The Labute approximate surface area is 150 Å². The van der Waals surface area contributed by atoms with Gasteiger partial charge < -0.3 is 10.2 Å². The van der Waals surface area contributed by atoms with Crippen molar-refractivity contribution in [3.63, 3.8) is 0 Å². The first-order valence-corrected chi connectivity index (χ1v) is 9.25. The second-order valence-electron chi connectivity index (χ2n) is 4.88. The fourth-order valence-corrected chi connectivity index (χ4v) is 3.13. The molecule has 116 valence electrons. The summed E-state index contributed by atoms with van der Waals surface area (Å²) in [4.78, 5) is 3.35. The maximum atomic E-state index is 5.43. The molecule has 0 aliphatic carbocycles. The van der Waals surface area contributed by atoms with Crippen LogP contribution in [0, 0.1) is 0 Å². The summed E-state index contributed by atoms with van der Waals surface area (Å²) in [6.45, 7) is 1.67. The molecule has 0 amide bonds. The number of halogens is 1. The summed E-state index contributed by atoms with van der Waals surface area (Å²) in [5, 5.41) is 4.10. The molecule has 0 aromatic heterocycles. The van der Waals surface area contributed by atoms with Crippen LogP contribution in [0.25, 0.3) is 0 Å². The summed E-state index contributed by atoms with van der Waals surface area (Å²) in [5.74, 6) is 0.996. The lowest BCUT2D eigenvalue weighted by atomic mass is 10.2. The van der Waals surface area contributed by atoms with Crippen LogP contribution in [0.2, 0.25) is 0 Å². The Morgan fingerprint density at radius 3 is 2.50 bits per heavy atom. The van der Waals surface area contributed by atoms with E-state index >= 15 is 0 Å². The number of nitrogens with one attached hydrogen (secondary N) is 1. The van der Waals surface area contributed by atoms with Gasteiger partial charge in [0.2, 0.25) is 0 Å². The molecule has 2 nitrogen and oxygen atoms in total. The third kappa shape index (κ3) is 5.99. The maximum absolute atomic E-state index is 5.43. The van der Waals surface area contributed by atoms with E-state index in [1.807, 2.05) is 24.9 Å². The average Bonchev–Trinajstić information content (AvgIpc) is 2.54. The van der Waals surface area contributed by atoms with Crippen molar-refractivity contribution in [3.05, 3.63) is 64.6 Å². The van der Waals surface area contributed by atoms with Gasteiger partial charge in [-0.25, -0.2) is 0 Å². The van der Waals surface area contributed by atoms with Gasteiger partial charge in [-0.1, -0.05) is 46.3 Å². The number of thioether (sulfide) groups is 1. The minimum absolute atomic E-state index is 0.789. The fraction of sp³-hybridized carbons (Fsp3) is 0.235. The molecule has 0 bridgehead atoms. The van der Waals surface area contributed by atoms with E-state index in [0.717, 1.165) is 28.4 Å². The standard InChI is InChI=1S/C17H19BrN2S2/c1-20(13-14-7-9-15(18)10-8-14)17(21)19-11-12-22-16-5-3-2-4-6-16/h2-10H,11-13H2,1H3,(H,19,21).